The fourth-order valence-electron chi connectivity index (χ4n) is 3.25. The summed E-state index contributed by atoms with van der Waals surface area (Å²) in [5.41, 5.74) is 2.61. The molecule has 0 spiro atoms. The molecule has 1 aliphatic heterocycles. The van der Waals surface area contributed by atoms with Crippen LogP contribution < -0.4 is 0 Å². The molecule has 0 fully saturated rings. The van der Waals surface area contributed by atoms with Gasteiger partial charge in [-0.05, 0) is 31.4 Å². The second-order valence-corrected chi connectivity index (χ2v) is 6.18. The van der Waals surface area contributed by atoms with E-state index in [2.05, 4.69) is 56.4 Å². The molecule has 2 atom stereocenters. The molecule has 0 saturated heterocycles. The maximum absolute atomic E-state index is 5.73. The van der Waals surface area contributed by atoms with Crippen LogP contribution in [0, 0.1) is 13.8 Å². The van der Waals surface area contributed by atoms with Gasteiger partial charge in [0.1, 0.15) is 0 Å². The molecule has 1 aromatic carbocycles. The van der Waals surface area contributed by atoms with E-state index in [0.29, 0.717) is 23.5 Å². The summed E-state index contributed by atoms with van der Waals surface area (Å²) in [5.74, 6) is 2.45. The predicted molar refractivity (Wildman–Crippen MR) is 84.9 cm³/mol. The Morgan fingerprint density at radius 1 is 1.17 bits per heavy atom. The van der Waals surface area contributed by atoms with Crippen LogP contribution >= 0.6 is 0 Å². The summed E-state index contributed by atoms with van der Waals surface area (Å²) in [4.78, 5) is 6.67. The first-order chi connectivity index (χ1) is 11.6. The number of fused-ring (bicyclic) bond motifs is 1. The van der Waals surface area contributed by atoms with Crippen molar-refractivity contribution in [2.45, 2.75) is 45.8 Å². The molecule has 0 amide bonds. The van der Waals surface area contributed by atoms with E-state index in [4.69, 9.17) is 8.94 Å². The third-order valence-corrected chi connectivity index (χ3v) is 4.51. The van der Waals surface area contributed by atoms with Crippen LogP contribution in [0.15, 0.2) is 33.2 Å². The van der Waals surface area contributed by atoms with Crippen molar-refractivity contribution in [1.29, 1.82) is 0 Å². The second-order valence-electron chi connectivity index (χ2n) is 6.18. The zero-order valence-corrected chi connectivity index (χ0v) is 13.9. The van der Waals surface area contributed by atoms with Crippen LogP contribution in [-0.4, -0.2) is 25.2 Å². The van der Waals surface area contributed by atoms with E-state index in [1.165, 1.54) is 11.1 Å². The zero-order chi connectivity index (χ0) is 16.7. The van der Waals surface area contributed by atoms with Crippen LogP contribution in [-0.2, 0) is 13.0 Å². The average molecular weight is 325 g/mol. The number of hydrogen-bond donors (Lipinski definition) is 0. The van der Waals surface area contributed by atoms with Gasteiger partial charge in [-0.25, -0.2) is 0 Å². The predicted octanol–water partition coefficient (Wildman–Crippen LogP) is 2.93. The minimum atomic E-state index is -0.0447. The monoisotopic (exact) mass is 325 g/mol. The van der Waals surface area contributed by atoms with E-state index in [1.807, 2.05) is 13.8 Å². The Morgan fingerprint density at radius 2 is 1.96 bits per heavy atom. The molecule has 3 heterocycles. The van der Waals surface area contributed by atoms with Crippen LogP contribution in [0.3, 0.4) is 0 Å². The van der Waals surface area contributed by atoms with Gasteiger partial charge >= 0.3 is 0 Å². The summed E-state index contributed by atoms with van der Waals surface area (Å²) in [6.45, 7) is 6.47. The van der Waals surface area contributed by atoms with Gasteiger partial charge in [-0.1, -0.05) is 29.4 Å². The summed E-state index contributed by atoms with van der Waals surface area (Å²) < 4.78 is 11.1. The topological polar surface area (TPSA) is 81.1 Å². The van der Waals surface area contributed by atoms with Gasteiger partial charge in [-0.3, -0.25) is 4.90 Å². The molecule has 24 heavy (non-hydrogen) atoms. The van der Waals surface area contributed by atoms with E-state index < -0.39 is 0 Å². The van der Waals surface area contributed by atoms with Crippen LogP contribution in [0.2, 0.25) is 0 Å². The molecule has 2 aromatic heterocycles. The van der Waals surface area contributed by atoms with Crippen molar-refractivity contribution in [2.75, 3.05) is 0 Å². The fourth-order valence-corrected chi connectivity index (χ4v) is 3.25. The Hall–Kier alpha value is -2.54. The van der Waals surface area contributed by atoms with Gasteiger partial charge in [0.15, 0.2) is 5.82 Å². The van der Waals surface area contributed by atoms with Crippen LogP contribution in [0.1, 0.15) is 53.6 Å². The van der Waals surface area contributed by atoms with Crippen molar-refractivity contribution in [3.63, 3.8) is 0 Å². The molecule has 4 rings (SSSR count). The van der Waals surface area contributed by atoms with E-state index in [0.717, 1.165) is 13.0 Å². The smallest absolute Gasteiger partial charge is 0.243 e. The molecule has 0 unspecified atom stereocenters. The molecule has 7 nitrogen and oxygen atoms in total. The maximum atomic E-state index is 5.73. The van der Waals surface area contributed by atoms with Gasteiger partial charge < -0.3 is 8.94 Å². The minimum Gasteiger partial charge on any atom is -0.424 e. The largest absolute Gasteiger partial charge is 0.424 e. The van der Waals surface area contributed by atoms with Gasteiger partial charge in [-0.15, -0.1) is 10.2 Å². The lowest BCUT2D eigenvalue weighted by atomic mass is 9.92. The van der Waals surface area contributed by atoms with Crippen LogP contribution in [0.5, 0.6) is 0 Å². The van der Waals surface area contributed by atoms with Crippen molar-refractivity contribution in [1.82, 2.24) is 25.2 Å². The summed E-state index contributed by atoms with van der Waals surface area (Å²) in [5, 5.41) is 12.2. The Labute approximate surface area is 139 Å². The van der Waals surface area contributed by atoms with Gasteiger partial charge in [-0.2, -0.15) is 4.98 Å². The Balaban J connectivity index is 1.73. The third kappa shape index (κ3) is 2.60. The normalized spacial score (nSPS) is 19.2. The number of rotatable bonds is 3. The van der Waals surface area contributed by atoms with Crippen molar-refractivity contribution >= 4 is 0 Å². The molecule has 0 radical (unpaired) electrons. The Bertz CT molecular complexity index is 856. The van der Waals surface area contributed by atoms with Gasteiger partial charge in [0.05, 0.1) is 12.1 Å². The summed E-state index contributed by atoms with van der Waals surface area (Å²) in [6.07, 6.45) is 0.815. The van der Waals surface area contributed by atoms with Gasteiger partial charge in [0, 0.05) is 13.5 Å². The lowest BCUT2D eigenvalue weighted by Gasteiger charge is -2.37. The number of benzene rings is 1. The minimum absolute atomic E-state index is 0.0108. The summed E-state index contributed by atoms with van der Waals surface area (Å²) >= 11 is 0. The highest BCUT2D eigenvalue weighted by atomic mass is 16.5. The van der Waals surface area contributed by atoms with E-state index >= 15 is 0 Å². The number of nitrogens with zero attached hydrogens (tertiary/aromatic N) is 5. The standard InChI is InChI=1S/C17H19N5O2/c1-10(16-18-11(2)21-24-16)22-9-14-7-5-4-6-13(14)8-15(22)17-20-19-12(3)23-17/h4-7,10,15H,8-9H2,1-3H3/t10-,15-/m1/s1. The molecule has 0 N–H and O–H groups in total. The Morgan fingerprint density at radius 3 is 2.62 bits per heavy atom. The molecule has 7 heteroatoms. The average Bonchev–Trinajstić information content (AvgIpc) is 3.21. The quantitative estimate of drug-likeness (QED) is 0.732. The van der Waals surface area contributed by atoms with Gasteiger partial charge in [0.2, 0.25) is 17.7 Å². The van der Waals surface area contributed by atoms with E-state index in [1.54, 1.807) is 0 Å². The summed E-state index contributed by atoms with van der Waals surface area (Å²) in [7, 11) is 0. The molecule has 0 aliphatic carbocycles. The lowest BCUT2D eigenvalue weighted by Crippen LogP contribution is -2.36. The van der Waals surface area contributed by atoms with Gasteiger partial charge in [0.25, 0.3) is 0 Å². The van der Waals surface area contributed by atoms with Crippen molar-refractivity contribution in [3.05, 3.63) is 58.9 Å². The zero-order valence-electron chi connectivity index (χ0n) is 13.9. The second kappa shape index (κ2) is 5.83. The van der Waals surface area contributed by atoms with Crippen LogP contribution in [0.4, 0.5) is 0 Å². The molecule has 3 aromatic rings. The molecular formula is C17H19N5O2. The molecule has 0 saturated carbocycles. The summed E-state index contributed by atoms with van der Waals surface area (Å²) in [6, 6.07) is 8.39. The third-order valence-electron chi connectivity index (χ3n) is 4.51. The van der Waals surface area contributed by atoms with Crippen molar-refractivity contribution < 1.29 is 8.94 Å². The highest BCUT2D eigenvalue weighted by molar-refractivity contribution is 5.31. The first kappa shape index (κ1) is 15.0. The fraction of sp³-hybridized carbons (Fsp3) is 0.412. The van der Waals surface area contributed by atoms with Crippen molar-refractivity contribution in [2.24, 2.45) is 0 Å². The number of aryl methyl sites for hydroxylation is 2. The number of hydrogen-bond acceptors (Lipinski definition) is 7. The maximum Gasteiger partial charge on any atom is 0.243 e. The van der Waals surface area contributed by atoms with Crippen LogP contribution in [0.25, 0.3) is 0 Å². The highest BCUT2D eigenvalue weighted by Gasteiger charge is 2.36. The SMILES string of the molecule is Cc1noc([C@@H](C)N2Cc3ccccc3C[C@@H]2c2nnc(C)o2)n1. The van der Waals surface area contributed by atoms with E-state index in [9.17, 15) is 0 Å². The first-order valence-corrected chi connectivity index (χ1v) is 8.04. The first-order valence-electron chi connectivity index (χ1n) is 8.04. The molecule has 0 bridgehead atoms. The van der Waals surface area contributed by atoms with E-state index in [-0.39, 0.29) is 12.1 Å². The molecule has 124 valence electrons. The highest BCUT2D eigenvalue weighted by Crippen LogP contribution is 2.38. The number of aromatic nitrogens is 4. The molecular weight excluding hydrogens is 306 g/mol. The van der Waals surface area contributed by atoms with Crippen molar-refractivity contribution in [3.8, 4) is 0 Å². The molecule has 1 aliphatic rings. The lowest BCUT2D eigenvalue weighted by molar-refractivity contribution is 0.0811. The Kier molecular flexibility index (Phi) is 3.65.